The summed E-state index contributed by atoms with van der Waals surface area (Å²) in [6.45, 7) is 0. The zero-order valence-electron chi connectivity index (χ0n) is 13.9. The zero-order chi connectivity index (χ0) is 16.8. The maximum atomic E-state index is 12.3. The van der Waals surface area contributed by atoms with Crippen molar-refractivity contribution >= 4 is 24.2 Å². The molecular formula is C18H26ClNO4. The van der Waals surface area contributed by atoms with Crippen LogP contribution in [0.5, 0.6) is 0 Å². The summed E-state index contributed by atoms with van der Waals surface area (Å²) in [5.41, 5.74) is 6.92. The third-order valence-electron chi connectivity index (χ3n) is 4.39. The number of nitrogens with two attached hydrogens (primary N) is 1. The fraction of sp³-hybridized carbons (Fsp3) is 0.556. The lowest BCUT2D eigenvalue weighted by molar-refractivity contribution is -0.153. The first-order valence-corrected chi connectivity index (χ1v) is 8.09. The molecule has 5 nitrogen and oxygen atoms in total. The molecule has 1 saturated carbocycles. The van der Waals surface area contributed by atoms with E-state index in [1.54, 1.807) is 0 Å². The molecule has 0 radical (unpaired) electrons. The SMILES string of the molecule is COC(=O)C(O)C(CC(=O)[C@@H](N)CC1CC1)Cc1ccccc1.Cl. The van der Waals surface area contributed by atoms with Gasteiger partial charge in [-0.3, -0.25) is 4.79 Å². The molecule has 1 aliphatic rings. The van der Waals surface area contributed by atoms with Crippen LogP contribution < -0.4 is 5.73 Å². The summed E-state index contributed by atoms with van der Waals surface area (Å²) in [5, 5.41) is 10.2. The summed E-state index contributed by atoms with van der Waals surface area (Å²) in [4.78, 5) is 24.0. The summed E-state index contributed by atoms with van der Waals surface area (Å²) in [6, 6.07) is 8.98. The number of hydrogen-bond donors (Lipinski definition) is 2. The van der Waals surface area contributed by atoms with Crippen LogP contribution in [0.3, 0.4) is 0 Å². The number of hydrogen-bond acceptors (Lipinski definition) is 5. The van der Waals surface area contributed by atoms with E-state index in [9.17, 15) is 14.7 Å². The normalized spacial score (nSPS) is 17.3. The quantitative estimate of drug-likeness (QED) is 0.660. The second-order valence-electron chi connectivity index (χ2n) is 6.37. The van der Waals surface area contributed by atoms with Crippen molar-refractivity contribution in [3.05, 3.63) is 35.9 Å². The van der Waals surface area contributed by atoms with Gasteiger partial charge in [0.1, 0.15) is 5.78 Å². The molecule has 0 amide bonds. The Kier molecular flexibility index (Phi) is 8.39. The van der Waals surface area contributed by atoms with Gasteiger partial charge in [-0.15, -0.1) is 12.4 Å². The Morgan fingerprint density at radius 1 is 1.29 bits per heavy atom. The maximum Gasteiger partial charge on any atom is 0.334 e. The van der Waals surface area contributed by atoms with Crippen LogP contribution in [0.2, 0.25) is 0 Å². The lowest BCUT2D eigenvalue weighted by Gasteiger charge is -2.22. The van der Waals surface area contributed by atoms with Crippen molar-refractivity contribution in [2.45, 2.75) is 44.2 Å². The highest BCUT2D eigenvalue weighted by molar-refractivity contribution is 5.85. The first-order valence-electron chi connectivity index (χ1n) is 8.09. The smallest absolute Gasteiger partial charge is 0.334 e. The fourth-order valence-corrected chi connectivity index (χ4v) is 2.78. The number of Topliss-reactive ketones (excluding diaryl/α,β-unsaturated/α-hetero) is 1. The van der Waals surface area contributed by atoms with Crippen LogP contribution in [0.4, 0.5) is 0 Å². The molecule has 0 aliphatic heterocycles. The Morgan fingerprint density at radius 3 is 2.46 bits per heavy atom. The molecule has 1 aromatic rings. The van der Waals surface area contributed by atoms with Gasteiger partial charge in [-0.25, -0.2) is 4.79 Å². The Balaban J connectivity index is 0.00000288. The Bertz CT molecular complexity index is 533. The van der Waals surface area contributed by atoms with Gasteiger partial charge in [0.25, 0.3) is 0 Å². The van der Waals surface area contributed by atoms with Crippen molar-refractivity contribution in [2.24, 2.45) is 17.6 Å². The molecule has 0 aromatic heterocycles. The van der Waals surface area contributed by atoms with E-state index in [0.29, 0.717) is 18.8 Å². The van der Waals surface area contributed by atoms with Gasteiger partial charge in [0.2, 0.25) is 0 Å². The lowest BCUT2D eigenvalue weighted by atomic mass is 9.87. The monoisotopic (exact) mass is 355 g/mol. The van der Waals surface area contributed by atoms with E-state index < -0.39 is 24.0 Å². The van der Waals surface area contributed by atoms with Crippen molar-refractivity contribution in [3.8, 4) is 0 Å². The molecule has 6 heteroatoms. The highest BCUT2D eigenvalue weighted by atomic mass is 35.5. The van der Waals surface area contributed by atoms with Gasteiger partial charge < -0.3 is 15.6 Å². The van der Waals surface area contributed by atoms with Gasteiger partial charge in [-0.1, -0.05) is 43.2 Å². The minimum atomic E-state index is -1.32. The zero-order valence-corrected chi connectivity index (χ0v) is 14.7. The van der Waals surface area contributed by atoms with Gasteiger partial charge in [0.05, 0.1) is 13.2 Å². The van der Waals surface area contributed by atoms with Crippen molar-refractivity contribution < 1.29 is 19.4 Å². The second kappa shape index (κ2) is 9.77. The summed E-state index contributed by atoms with van der Waals surface area (Å²) in [6.07, 6.45) is 2.17. The molecule has 134 valence electrons. The van der Waals surface area contributed by atoms with Crippen LogP contribution in [0.1, 0.15) is 31.2 Å². The fourth-order valence-electron chi connectivity index (χ4n) is 2.78. The van der Waals surface area contributed by atoms with Crippen molar-refractivity contribution in [1.29, 1.82) is 0 Å². The van der Waals surface area contributed by atoms with E-state index in [-0.39, 0.29) is 24.6 Å². The Morgan fingerprint density at radius 2 is 1.92 bits per heavy atom. The van der Waals surface area contributed by atoms with Crippen molar-refractivity contribution in [1.82, 2.24) is 0 Å². The molecule has 3 atom stereocenters. The average molecular weight is 356 g/mol. The number of carbonyl (C=O) groups excluding carboxylic acids is 2. The lowest BCUT2D eigenvalue weighted by Crippen LogP contribution is -2.38. The highest BCUT2D eigenvalue weighted by Gasteiger charge is 2.32. The van der Waals surface area contributed by atoms with Crippen LogP contribution in [0.25, 0.3) is 0 Å². The molecule has 0 spiro atoms. The summed E-state index contributed by atoms with van der Waals surface area (Å²) in [5.74, 6) is -0.773. The number of esters is 1. The predicted molar refractivity (Wildman–Crippen MR) is 93.8 cm³/mol. The number of ketones is 1. The molecule has 2 unspecified atom stereocenters. The summed E-state index contributed by atoms with van der Waals surface area (Å²) in [7, 11) is 1.23. The molecule has 24 heavy (non-hydrogen) atoms. The minimum Gasteiger partial charge on any atom is -0.467 e. The molecule has 1 aromatic carbocycles. The summed E-state index contributed by atoms with van der Waals surface area (Å²) < 4.78 is 4.62. The molecule has 3 N–H and O–H groups in total. The van der Waals surface area contributed by atoms with Gasteiger partial charge in [0.15, 0.2) is 6.10 Å². The van der Waals surface area contributed by atoms with Crippen LogP contribution >= 0.6 is 12.4 Å². The molecule has 0 saturated heterocycles. The molecular weight excluding hydrogens is 330 g/mol. The third-order valence-corrected chi connectivity index (χ3v) is 4.39. The van der Waals surface area contributed by atoms with E-state index >= 15 is 0 Å². The van der Waals surface area contributed by atoms with E-state index in [0.717, 1.165) is 18.4 Å². The van der Waals surface area contributed by atoms with Crippen LogP contribution in [-0.2, 0) is 20.7 Å². The number of ether oxygens (including phenoxy) is 1. The number of carbonyl (C=O) groups is 2. The molecule has 1 aliphatic carbocycles. The second-order valence-corrected chi connectivity index (χ2v) is 6.37. The van der Waals surface area contributed by atoms with Crippen LogP contribution in [-0.4, -0.2) is 36.1 Å². The molecule has 2 rings (SSSR count). The van der Waals surface area contributed by atoms with E-state index in [1.807, 2.05) is 30.3 Å². The first-order chi connectivity index (χ1) is 11.0. The number of aliphatic hydroxyl groups is 1. The van der Waals surface area contributed by atoms with Gasteiger partial charge in [-0.2, -0.15) is 0 Å². The van der Waals surface area contributed by atoms with E-state index in [1.165, 1.54) is 7.11 Å². The topological polar surface area (TPSA) is 89.6 Å². The van der Waals surface area contributed by atoms with E-state index in [4.69, 9.17) is 5.73 Å². The van der Waals surface area contributed by atoms with Crippen molar-refractivity contribution in [2.75, 3.05) is 7.11 Å². The molecule has 0 bridgehead atoms. The van der Waals surface area contributed by atoms with Gasteiger partial charge in [0, 0.05) is 12.3 Å². The summed E-state index contributed by atoms with van der Waals surface area (Å²) >= 11 is 0. The number of halogens is 1. The number of rotatable bonds is 9. The highest BCUT2D eigenvalue weighted by Crippen LogP contribution is 2.33. The maximum absolute atomic E-state index is 12.3. The van der Waals surface area contributed by atoms with Crippen molar-refractivity contribution in [3.63, 3.8) is 0 Å². The average Bonchev–Trinajstić information content (AvgIpc) is 3.37. The third kappa shape index (κ3) is 6.23. The number of aliphatic hydroxyl groups excluding tert-OH is 1. The predicted octanol–water partition coefficient (Wildman–Crippen LogP) is 1.89. The largest absolute Gasteiger partial charge is 0.467 e. The Hall–Kier alpha value is -1.43. The van der Waals surface area contributed by atoms with E-state index in [2.05, 4.69) is 4.74 Å². The number of methoxy groups -OCH3 is 1. The molecule has 0 heterocycles. The molecule has 1 fully saturated rings. The Labute approximate surface area is 149 Å². The van der Waals surface area contributed by atoms with Crippen LogP contribution in [0.15, 0.2) is 30.3 Å². The first kappa shape index (κ1) is 20.6. The van der Waals surface area contributed by atoms with Gasteiger partial charge >= 0.3 is 5.97 Å². The van der Waals surface area contributed by atoms with Gasteiger partial charge in [-0.05, 0) is 24.3 Å². The standard InChI is InChI=1S/C18H25NO4.ClH/c1-23-18(22)17(21)14(9-12-5-3-2-4-6-12)11-16(20)15(19)10-13-7-8-13;/h2-6,13-15,17,21H,7-11,19H2,1H3;1H/t14?,15-,17?;/m0./s1. The minimum absolute atomic E-state index is 0. The van der Waals surface area contributed by atoms with Crippen LogP contribution in [0, 0.1) is 11.8 Å². The number of benzene rings is 1.